The van der Waals surface area contributed by atoms with Gasteiger partial charge >= 0.3 is 16.4 Å². The predicted octanol–water partition coefficient (Wildman–Crippen LogP) is 11.5. The zero-order chi connectivity index (χ0) is 47.5. The molecule has 376 valence electrons. The zero-order valence-electron chi connectivity index (χ0n) is 40.3. The predicted molar refractivity (Wildman–Crippen MR) is 262 cm³/mol. The van der Waals surface area contributed by atoms with Crippen LogP contribution in [0.5, 0.6) is 0 Å². The van der Waals surface area contributed by atoms with Crippen molar-refractivity contribution in [3.8, 4) is 0 Å². The summed E-state index contributed by atoms with van der Waals surface area (Å²) >= 11 is 0. The molecule has 0 amide bonds. The van der Waals surface area contributed by atoms with E-state index >= 15 is 0 Å². The fourth-order valence-corrected chi connectivity index (χ4v) is 7.83. The summed E-state index contributed by atoms with van der Waals surface area (Å²) in [5.41, 5.74) is 0. The van der Waals surface area contributed by atoms with Crippen LogP contribution in [0.1, 0.15) is 187 Å². The maximum Gasteiger partial charge on any atom is 0.397 e. The summed E-state index contributed by atoms with van der Waals surface area (Å²) in [7, 11) is -5.07. The van der Waals surface area contributed by atoms with Crippen molar-refractivity contribution in [1.29, 1.82) is 0 Å². The summed E-state index contributed by atoms with van der Waals surface area (Å²) in [5.74, 6) is -0.441. The Morgan fingerprint density at radius 1 is 0.600 bits per heavy atom. The molecule has 1 saturated heterocycles. The fraction of sp³-hybridized carbons (Fsp3) is 0.750. The lowest BCUT2D eigenvalue weighted by Gasteiger charge is -2.41. The largest absolute Gasteiger partial charge is 0.457 e. The third kappa shape index (κ3) is 36.3. The SMILES string of the molecule is CC/C=C\C/C=C\C/C=C\C/C=C\C/C=C\C/C=C\CCCCC(=O)OC(COCCCCCCCCCCCCCCCCCCC)COC1OC(CO)C(O)C(OS(=O)(=O)O)C1O. The molecule has 1 rings (SSSR count). The summed E-state index contributed by atoms with van der Waals surface area (Å²) in [6.07, 6.45) is 46.5. The van der Waals surface area contributed by atoms with Gasteiger partial charge in [0.2, 0.25) is 0 Å². The van der Waals surface area contributed by atoms with Crippen molar-refractivity contribution in [2.24, 2.45) is 0 Å². The number of rotatable bonds is 43. The maximum absolute atomic E-state index is 12.9. The molecule has 0 bridgehead atoms. The first-order valence-electron chi connectivity index (χ1n) is 25.2. The molecule has 1 aliphatic rings. The molecule has 0 aromatic rings. The van der Waals surface area contributed by atoms with Gasteiger partial charge in [-0.25, -0.2) is 4.18 Å². The number of carbonyl (C=O) groups excluding carboxylic acids is 1. The third-order valence-corrected chi connectivity index (χ3v) is 11.6. The summed E-state index contributed by atoms with van der Waals surface area (Å²) in [5, 5.41) is 30.7. The van der Waals surface area contributed by atoms with Crippen molar-refractivity contribution in [2.75, 3.05) is 26.4 Å². The van der Waals surface area contributed by atoms with Crippen LogP contribution >= 0.6 is 0 Å². The number of hydrogen-bond donors (Lipinski definition) is 4. The number of aliphatic hydroxyl groups is 3. The van der Waals surface area contributed by atoms with Crippen LogP contribution in [0, 0.1) is 0 Å². The van der Waals surface area contributed by atoms with Crippen molar-refractivity contribution >= 4 is 16.4 Å². The first kappa shape index (κ1) is 60.6. The number of unbranched alkanes of at least 4 members (excludes halogenated alkanes) is 18. The first-order chi connectivity index (χ1) is 31.6. The number of aliphatic hydroxyl groups excluding tert-OH is 3. The summed E-state index contributed by atoms with van der Waals surface area (Å²) in [4.78, 5) is 12.9. The molecule has 12 nitrogen and oxygen atoms in total. The van der Waals surface area contributed by atoms with Gasteiger partial charge in [-0.15, -0.1) is 0 Å². The van der Waals surface area contributed by atoms with E-state index in [-0.39, 0.29) is 19.6 Å². The Bertz CT molecular complexity index is 1410. The van der Waals surface area contributed by atoms with E-state index in [4.69, 9.17) is 18.9 Å². The molecule has 6 unspecified atom stereocenters. The van der Waals surface area contributed by atoms with E-state index in [2.05, 4.69) is 90.9 Å². The molecule has 4 N–H and O–H groups in total. The van der Waals surface area contributed by atoms with Crippen LogP contribution in [0.4, 0.5) is 0 Å². The van der Waals surface area contributed by atoms with Crippen molar-refractivity contribution in [3.05, 3.63) is 72.9 Å². The second kappa shape index (κ2) is 42.9. The second-order valence-corrected chi connectivity index (χ2v) is 18.1. The molecular weight excluding hydrogens is 849 g/mol. The highest BCUT2D eigenvalue weighted by atomic mass is 32.3. The molecule has 65 heavy (non-hydrogen) atoms. The molecular formula is C52H90O12S. The number of carbonyl (C=O) groups is 1. The zero-order valence-corrected chi connectivity index (χ0v) is 41.1. The van der Waals surface area contributed by atoms with Gasteiger partial charge in [0.1, 0.15) is 30.5 Å². The van der Waals surface area contributed by atoms with Gasteiger partial charge in [0.25, 0.3) is 0 Å². The van der Waals surface area contributed by atoms with Gasteiger partial charge < -0.3 is 34.3 Å². The standard InChI is InChI=1S/C52H90O12S/c1-3-5-7-9-11-13-15-17-19-21-22-23-24-25-27-29-31-33-35-37-39-41-48(54)62-46(45-61-52-50(56)51(64-65(57,58)59)49(55)47(43-53)63-52)44-60-42-40-38-36-34-32-30-28-26-20-18-16-14-12-10-8-6-4-2/h5,7,11,13,17,19,22-23,25,27,31,33,46-47,49-53,55-56H,3-4,6,8-10,12,14-16,18,20-21,24,26,28-30,32,34-45H2,1-2H3,(H,57,58,59)/b7-5-,13-11-,19-17-,23-22-,27-25-,33-31-. The van der Waals surface area contributed by atoms with E-state index < -0.39 is 59.8 Å². The normalized spacial score (nSPS) is 20.2. The molecule has 0 radical (unpaired) electrons. The Kier molecular flexibility index (Phi) is 39.9. The molecule has 1 heterocycles. The quantitative estimate of drug-likeness (QED) is 0.0197. The lowest BCUT2D eigenvalue weighted by atomic mass is 9.99. The monoisotopic (exact) mass is 939 g/mol. The highest BCUT2D eigenvalue weighted by molar-refractivity contribution is 7.80. The third-order valence-electron chi connectivity index (χ3n) is 11.1. The highest BCUT2D eigenvalue weighted by Gasteiger charge is 2.48. The van der Waals surface area contributed by atoms with Crippen molar-refractivity contribution in [1.82, 2.24) is 0 Å². The lowest BCUT2D eigenvalue weighted by Crippen LogP contribution is -2.60. The van der Waals surface area contributed by atoms with Gasteiger partial charge in [-0.3, -0.25) is 9.35 Å². The average Bonchev–Trinajstić information content (AvgIpc) is 3.28. The van der Waals surface area contributed by atoms with Crippen molar-refractivity contribution in [3.63, 3.8) is 0 Å². The van der Waals surface area contributed by atoms with Gasteiger partial charge in [-0.05, 0) is 64.2 Å². The minimum Gasteiger partial charge on any atom is -0.457 e. The topological polar surface area (TPSA) is 178 Å². The molecule has 1 fully saturated rings. The van der Waals surface area contributed by atoms with Gasteiger partial charge in [-0.2, -0.15) is 8.42 Å². The van der Waals surface area contributed by atoms with Gasteiger partial charge in [-0.1, -0.05) is 189 Å². The smallest absolute Gasteiger partial charge is 0.397 e. The highest BCUT2D eigenvalue weighted by Crippen LogP contribution is 2.26. The van der Waals surface area contributed by atoms with Gasteiger partial charge in [0.15, 0.2) is 6.29 Å². The van der Waals surface area contributed by atoms with E-state index in [1.807, 2.05) is 0 Å². The van der Waals surface area contributed by atoms with E-state index in [1.165, 1.54) is 89.9 Å². The van der Waals surface area contributed by atoms with Crippen LogP contribution in [-0.2, 0) is 38.3 Å². The van der Waals surface area contributed by atoms with Gasteiger partial charge in [0.05, 0.1) is 19.8 Å². The second-order valence-electron chi connectivity index (χ2n) is 17.0. The van der Waals surface area contributed by atoms with Crippen LogP contribution in [0.3, 0.4) is 0 Å². The van der Waals surface area contributed by atoms with Crippen molar-refractivity contribution in [2.45, 2.75) is 224 Å². The summed E-state index contributed by atoms with van der Waals surface area (Å²) in [6.45, 7) is 3.83. The Morgan fingerprint density at radius 3 is 1.52 bits per heavy atom. The molecule has 13 heteroatoms. The summed E-state index contributed by atoms with van der Waals surface area (Å²) in [6, 6.07) is 0. The number of allylic oxidation sites excluding steroid dienone is 12. The Morgan fingerprint density at radius 2 is 1.06 bits per heavy atom. The minimum absolute atomic E-state index is 0.0168. The molecule has 0 saturated carbocycles. The number of ether oxygens (including phenoxy) is 4. The van der Waals surface area contributed by atoms with Crippen LogP contribution < -0.4 is 0 Å². The fourth-order valence-electron chi connectivity index (χ4n) is 7.32. The Labute approximate surface area is 394 Å². The number of esters is 1. The molecule has 0 aromatic heterocycles. The molecule has 1 aliphatic heterocycles. The Hall–Kier alpha value is -2.46. The van der Waals surface area contributed by atoms with E-state index in [1.54, 1.807) is 0 Å². The van der Waals surface area contributed by atoms with E-state index in [9.17, 15) is 33.1 Å². The molecule has 0 spiro atoms. The van der Waals surface area contributed by atoms with Crippen LogP contribution in [0.2, 0.25) is 0 Å². The lowest BCUT2D eigenvalue weighted by molar-refractivity contribution is -0.301. The minimum atomic E-state index is -5.07. The van der Waals surface area contributed by atoms with Crippen LogP contribution in [-0.4, -0.2) is 97.5 Å². The molecule has 0 aromatic carbocycles. The first-order valence-corrected chi connectivity index (χ1v) is 26.6. The molecule has 6 atom stereocenters. The Balaban J connectivity index is 2.42. The van der Waals surface area contributed by atoms with E-state index in [0.717, 1.165) is 70.6 Å². The number of hydrogen-bond acceptors (Lipinski definition) is 11. The van der Waals surface area contributed by atoms with Gasteiger partial charge in [0, 0.05) is 13.0 Å². The van der Waals surface area contributed by atoms with Crippen LogP contribution in [0.25, 0.3) is 0 Å². The maximum atomic E-state index is 12.9. The molecule has 0 aliphatic carbocycles. The van der Waals surface area contributed by atoms with Crippen LogP contribution in [0.15, 0.2) is 72.9 Å². The summed E-state index contributed by atoms with van der Waals surface area (Å²) < 4.78 is 59.2. The van der Waals surface area contributed by atoms with Crippen molar-refractivity contribution < 1.29 is 56.2 Å². The average molecular weight is 939 g/mol. The van der Waals surface area contributed by atoms with E-state index in [0.29, 0.717) is 13.0 Å².